The summed E-state index contributed by atoms with van der Waals surface area (Å²) in [6.45, 7) is 0. The number of esters is 1. The van der Waals surface area contributed by atoms with Gasteiger partial charge >= 0.3 is 5.97 Å². The highest BCUT2D eigenvalue weighted by Crippen LogP contribution is 2.33. The number of hydrogen-bond acceptors (Lipinski definition) is 6. The summed E-state index contributed by atoms with van der Waals surface area (Å²) in [5.41, 5.74) is 2.62. The van der Waals surface area contributed by atoms with Gasteiger partial charge in [0.1, 0.15) is 16.4 Å². The van der Waals surface area contributed by atoms with Gasteiger partial charge in [-0.15, -0.1) is 0 Å². The average molecular weight is 369 g/mol. The minimum Gasteiger partial charge on any atom is -0.497 e. The molecular formula is C19H13ClN2O4. The molecule has 0 saturated carbocycles. The molecule has 0 radical (unpaired) electrons. The van der Waals surface area contributed by atoms with Crippen molar-refractivity contribution in [2.24, 2.45) is 0 Å². The van der Waals surface area contributed by atoms with Crippen molar-refractivity contribution in [3.05, 3.63) is 53.2 Å². The Labute approximate surface area is 153 Å². The monoisotopic (exact) mass is 368 g/mol. The molecule has 0 aliphatic carbocycles. The second-order valence-electron chi connectivity index (χ2n) is 5.54. The van der Waals surface area contributed by atoms with Crippen LogP contribution in [-0.4, -0.2) is 30.2 Å². The number of carbonyl (C=O) groups is 1. The zero-order valence-electron chi connectivity index (χ0n) is 13.9. The molecule has 0 atom stereocenters. The zero-order valence-corrected chi connectivity index (χ0v) is 14.7. The number of halogens is 1. The lowest BCUT2D eigenvalue weighted by Gasteiger charge is -2.05. The van der Waals surface area contributed by atoms with Gasteiger partial charge in [-0.25, -0.2) is 14.8 Å². The number of benzene rings is 2. The van der Waals surface area contributed by atoms with Crippen LogP contribution >= 0.6 is 11.6 Å². The van der Waals surface area contributed by atoms with E-state index in [0.29, 0.717) is 33.6 Å². The molecule has 0 spiro atoms. The van der Waals surface area contributed by atoms with Gasteiger partial charge in [-0.2, -0.15) is 0 Å². The van der Waals surface area contributed by atoms with E-state index in [-0.39, 0.29) is 10.7 Å². The number of ether oxygens (including phenoxy) is 2. The van der Waals surface area contributed by atoms with E-state index >= 15 is 0 Å². The molecule has 2 aromatic heterocycles. The van der Waals surface area contributed by atoms with Crippen molar-refractivity contribution in [3.8, 4) is 17.2 Å². The van der Waals surface area contributed by atoms with Crippen LogP contribution in [0.1, 0.15) is 10.4 Å². The molecule has 0 saturated heterocycles. The van der Waals surface area contributed by atoms with Crippen LogP contribution in [0.5, 0.6) is 5.75 Å². The van der Waals surface area contributed by atoms with E-state index in [0.717, 1.165) is 5.56 Å². The standard InChI is InChI=1S/C19H13ClN2O4/c1-24-11-5-3-4-10(8-11)18-22-14-7-6-13-16(17(14)26-18)12(19(23)25-2)9-15(20)21-13/h3-9H,1-2H3. The van der Waals surface area contributed by atoms with E-state index in [1.807, 2.05) is 24.3 Å². The van der Waals surface area contributed by atoms with E-state index < -0.39 is 5.97 Å². The molecule has 0 fully saturated rings. The number of carbonyl (C=O) groups excluding carboxylic acids is 1. The summed E-state index contributed by atoms with van der Waals surface area (Å²) < 4.78 is 16.1. The third-order valence-corrected chi connectivity index (χ3v) is 4.21. The van der Waals surface area contributed by atoms with Gasteiger partial charge in [-0.3, -0.25) is 0 Å². The van der Waals surface area contributed by atoms with E-state index in [2.05, 4.69) is 9.97 Å². The van der Waals surface area contributed by atoms with Crippen molar-refractivity contribution < 1.29 is 18.7 Å². The summed E-state index contributed by atoms with van der Waals surface area (Å²) in [6, 6.07) is 12.4. The number of pyridine rings is 1. The minimum absolute atomic E-state index is 0.199. The second kappa shape index (κ2) is 6.31. The van der Waals surface area contributed by atoms with Gasteiger partial charge in [0.2, 0.25) is 5.89 Å². The molecule has 6 nitrogen and oxygen atoms in total. The first kappa shape index (κ1) is 16.4. The Hall–Kier alpha value is -3.12. The third-order valence-electron chi connectivity index (χ3n) is 4.02. The lowest BCUT2D eigenvalue weighted by Crippen LogP contribution is -2.03. The van der Waals surface area contributed by atoms with Crippen LogP contribution in [0, 0.1) is 0 Å². The minimum atomic E-state index is -0.522. The lowest BCUT2D eigenvalue weighted by molar-refractivity contribution is 0.0603. The van der Waals surface area contributed by atoms with Crippen molar-refractivity contribution in [3.63, 3.8) is 0 Å². The summed E-state index contributed by atoms with van der Waals surface area (Å²) in [6.07, 6.45) is 0. The molecule has 4 rings (SSSR count). The van der Waals surface area contributed by atoms with Gasteiger partial charge in [0.15, 0.2) is 5.58 Å². The summed E-state index contributed by atoms with van der Waals surface area (Å²) >= 11 is 6.03. The number of hydrogen-bond donors (Lipinski definition) is 0. The van der Waals surface area contributed by atoms with Gasteiger partial charge < -0.3 is 13.9 Å². The van der Waals surface area contributed by atoms with Crippen molar-refractivity contribution in [1.29, 1.82) is 0 Å². The SMILES string of the molecule is COC(=O)c1cc(Cl)nc2ccc3nc(-c4cccc(OC)c4)oc3c12. The first-order valence-corrected chi connectivity index (χ1v) is 8.11. The molecule has 130 valence electrons. The molecular weight excluding hydrogens is 356 g/mol. The van der Waals surface area contributed by atoms with Gasteiger partial charge in [-0.1, -0.05) is 17.7 Å². The largest absolute Gasteiger partial charge is 0.497 e. The molecule has 0 N–H and O–H groups in total. The summed E-state index contributed by atoms with van der Waals surface area (Å²) in [4.78, 5) is 21.0. The second-order valence-corrected chi connectivity index (χ2v) is 5.93. The summed E-state index contributed by atoms with van der Waals surface area (Å²) in [5.74, 6) is 0.585. The fourth-order valence-electron chi connectivity index (χ4n) is 2.82. The molecule has 2 heterocycles. The Bertz CT molecular complexity index is 1150. The highest BCUT2D eigenvalue weighted by Gasteiger charge is 2.19. The molecule has 0 bridgehead atoms. The maximum atomic E-state index is 12.2. The molecule has 0 amide bonds. The highest BCUT2D eigenvalue weighted by molar-refractivity contribution is 6.31. The zero-order chi connectivity index (χ0) is 18.3. The predicted molar refractivity (Wildman–Crippen MR) is 97.6 cm³/mol. The van der Waals surface area contributed by atoms with E-state index in [9.17, 15) is 4.79 Å². The van der Waals surface area contributed by atoms with Crippen LogP contribution in [0.3, 0.4) is 0 Å². The Balaban J connectivity index is 2.01. The molecule has 7 heteroatoms. The molecule has 0 unspecified atom stereocenters. The number of fused-ring (bicyclic) bond motifs is 3. The Morgan fingerprint density at radius 2 is 1.88 bits per heavy atom. The van der Waals surface area contributed by atoms with Crippen LogP contribution in [0.25, 0.3) is 33.5 Å². The predicted octanol–water partition coefficient (Wildman–Crippen LogP) is 4.49. The maximum Gasteiger partial charge on any atom is 0.338 e. The van der Waals surface area contributed by atoms with Crippen LogP contribution < -0.4 is 4.74 Å². The number of aromatic nitrogens is 2. The normalized spacial score (nSPS) is 11.0. The van der Waals surface area contributed by atoms with Gasteiger partial charge in [0.25, 0.3) is 0 Å². The van der Waals surface area contributed by atoms with Crippen LogP contribution in [0.15, 0.2) is 46.9 Å². The van der Waals surface area contributed by atoms with Gasteiger partial charge in [0.05, 0.1) is 30.7 Å². The molecule has 26 heavy (non-hydrogen) atoms. The van der Waals surface area contributed by atoms with Gasteiger partial charge in [-0.05, 0) is 36.4 Å². The highest BCUT2D eigenvalue weighted by atomic mass is 35.5. The number of oxazole rings is 1. The Morgan fingerprint density at radius 1 is 1.08 bits per heavy atom. The van der Waals surface area contributed by atoms with Crippen molar-refractivity contribution in [2.75, 3.05) is 14.2 Å². The van der Waals surface area contributed by atoms with E-state index in [1.165, 1.54) is 13.2 Å². The van der Waals surface area contributed by atoms with Crippen LogP contribution in [0.2, 0.25) is 5.15 Å². The lowest BCUT2D eigenvalue weighted by atomic mass is 10.1. The van der Waals surface area contributed by atoms with Gasteiger partial charge in [0, 0.05) is 5.56 Å². The van der Waals surface area contributed by atoms with Crippen LogP contribution in [-0.2, 0) is 4.74 Å². The van der Waals surface area contributed by atoms with E-state index in [1.54, 1.807) is 19.2 Å². The molecule has 4 aromatic rings. The first-order chi connectivity index (χ1) is 12.6. The molecule has 2 aromatic carbocycles. The number of methoxy groups -OCH3 is 2. The topological polar surface area (TPSA) is 74.5 Å². The maximum absolute atomic E-state index is 12.2. The number of rotatable bonds is 3. The Kier molecular flexibility index (Phi) is 3.97. The number of nitrogens with zero attached hydrogens (tertiary/aromatic N) is 2. The van der Waals surface area contributed by atoms with Crippen molar-refractivity contribution >= 4 is 39.6 Å². The van der Waals surface area contributed by atoms with E-state index in [4.69, 9.17) is 25.5 Å². The van der Waals surface area contributed by atoms with Crippen molar-refractivity contribution in [2.45, 2.75) is 0 Å². The van der Waals surface area contributed by atoms with Crippen molar-refractivity contribution in [1.82, 2.24) is 9.97 Å². The summed E-state index contributed by atoms with van der Waals surface area (Å²) in [7, 11) is 2.90. The first-order valence-electron chi connectivity index (χ1n) is 7.73. The fourth-order valence-corrected chi connectivity index (χ4v) is 3.02. The quantitative estimate of drug-likeness (QED) is 0.391. The average Bonchev–Trinajstić information content (AvgIpc) is 3.11. The summed E-state index contributed by atoms with van der Waals surface area (Å²) in [5, 5.41) is 0.713. The van der Waals surface area contributed by atoms with Crippen LogP contribution in [0.4, 0.5) is 0 Å². The third kappa shape index (κ3) is 2.64. The fraction of sp³-hybridized carbons (Fsp3) is 0.105. The molecule has 0 aliphatic heterocycles. The smallest absolute Gasteiger partial charge is 0.338 e. The molecule has 0 aliphatic rings. The Morgan fingerprint density at radius 3 is 2.65 bits per heavy atom.